The van der Waals surface area contributed by atoms with Crippen LogP contribution in [0.15, 0.2) is 29.1 Å². The second-order valence-corrected chi connectivity index (χ2v) is 7.83. The lowest BCUT2D eigenvalue weighted by molar-refractivity contribution is 0.0957. The number of hydrogen-bond acceptors (Lipinski definition) is 6. The van der Waals surface area contributed by atoms with Crippen LogP contribution in [0.4, 0.5) is 18.9 Å². The van der Waals surface area contributed by atoms with Gasteiger partial charge in [-0.25, -0.2) is 18.7 Å². The standard InChI is InChI=1S/C22H23F3N6O2/c1-12-21(32)29-18-14(27-12)4-3-13(17(18)19(23)24)11-30-7-9-31(10-8-30)16-6-5-15(22(33)26-2)28-20(16)25/h3-6,19H,7-11H2,1-2H3,(H,26,33)(H,29,32). The molecule has 0 saturated carbocycles. The number of fused-ring (bicyclic) bond motifs is 1. The third-order valence-electron chi connectivity index (χ3n) is 5.78. The summed E-state index contributed by atoms with van der Waals surface area (Å²) in [4.78, 5) is 37.8. The van der Waals surface area contributed by atoms with Gasteiger partial charge in [-0.15, -0.1) is 0 Å². The highest BCUT2D eigenvalue weighted by atomic mass is 19.3. The second kappa shape index (κ2) is 9.18. The topological polar surface area (TPSA) is 94.2 Å². The van der Waals surface area contributed by atoms with Gasteiger partial charge < -0.3 is 15.2 Å². The first kappa shape index (κ1) is 22.7. The summed E-state index contributed by atoms with van der Waals surface area (Å²) < 4.78 is 42.3. The maximum Gasteiger partial charge on any atom is 0.269 e. The van der Waals surface area contributed by atoms with Crippen LogP contribution in [0.25, 0.3) is 11.0 Å². The Hall–Kier alpha value is -3.47. The van der Waals surface area contributed by atoms with E-state index in [1.807, 2.05) is 9.80 Å². The summed E-state index contributed by atoms with van der Waals surface area (Å²) in [6, 6.07) is 6.23. The third kappa shape index (κ3) is 4.54. The molecule has 1 aliphatic heterocycles. The van der Waals surface area contributed by atoms with E-state index < -0.39 is 23.8 Å². The highest BCUT2D eigenvalue weighted by molar-refractivity contribution is 5.92. The van der Waals surface area contributed by atoms with Crippen LogP contribution in [-0.4, -0.2) is 59.0 Å². The van der Waals surface area contributed by atoms with Crippen LogP contribution < -0.4 is 15.8 Å². The van der Waals surface area contributed by atoms with Crippen LogP contribution in [0, 0.1) is 12.9 Å². The molecule has 1 aromatic carbocycles. The number of carbonyl (C=O) groups is 1. The zero-order valence-corrected chi connectivity index (χ0v) is 18.2. The van der Waals surface area contributed by atoms with Gasteiger partial charge in [0.05, 0.1) is 16.7 Å². The lowest BCUT2D eigenvalue weighted by Gasteiger charge is -2.36. The number of anilines is 1. The van der Waals surface area contributed by atoms with Crippen molar-refractivity contribution in [3.8, 4) is 0 Å². The zero-order valence-electron chi connectivity index (χ0n) is 18.2. The number of halogens is 3. The molecule has 2 aromatic heterocycles. The monoisotopic (exact) mass is 460 g/mol. The molecule has 33 heavy (non-hydrogen) atoms. The fourth-order valence-electron chi connectivity index (χ4n) is 4.00. The number of nitrogens with zero attached hydrogens (tertiary/aromatic N) is 4. The molecule has 8 nitrogen and oxygen atoms in total. The summed E-state index contributed by atoms with van der Waals surface area (Å²) in [6.45, 7) is 3.74. The van der Waals surface area contributed by atoms with Crippen LogP contribution in [0.2, 0.25) is 0 Å². The molecular weight excluding hydrogens is 437 g/mol. The largest absolute Gasteiger partial charge is 0.365 e. The molecule has 0 aliphatic carbocycles. The van der Waals surface area contributed by atoms with E-state index >= 15 is 0 Å². The van der Waals surface area contributed by atoms with E-state index in [4.69, 9.17) is 0 Å². The summed E-state index contributed by atoms with van der Waals surface area (Å²) in [6.07, 6.45) is -2.77. The minimum Gasteiger partial charge on any atom is -0.365 e. The van der Waals surface area contributed by atoms with Gasteiger partial charge in [0, 0.05) is 45.3 Å². The van der Waals surface area contributed by atoms with Crippen molar-refractivity contribution in [3.63, 3.8) is 0 Å². The van der Waals surface area contributed by atoms with Crippen LogP contribution >= 0.6 is 0 Å². The molecule has 0 radical (unpaired) electrons. The van der Waals surface area contributed by atoms with Crippen molar-refractivity contribution in [2.75, 3.05) is 38.1 Å². The molecule has 11 heteroatoms. The first-order valence-electron chi connectivity index (χ1n) is 10.4. The fourth-order valence-corrected chi connectivity index (χ4v) is 4.00. The molecule has 3 aromatic rings. The number of H-pyrrole nitrogens is 1. The first-order chi connectivity index (χ1) is 15.8. The Bertz CT molecular complexity index is 1250. The molecule has 0 bridgehead atoms. The predicted molar refractivity (Wildman–Crippen MR) is 117 cm³/mol. The second-order valence-electron chi connectivity index (χ2n) is 7.83. The lowest BCUT2D eigenvalue weighted by atomic mass is 10.0. The highest BCUT2D eigenvalue weighted by Gasteiger charge is 2.24. The van der Waals surface area contributed by atoms with Crippen molar-refractivity contribution < 1.29 is 18.0 Å². The number of benzene rings is 1. The van der Waals surface area contributed by atoms with Crippen molar-refractivity contribution in [3.05, 3.63) is 63.1 Å². The van der Waals surface area contributed by atoms with Crippen LogP contribution in [0.3, 0.4) is 0 Å². The van der Waals surface area contributed by atoms with Crippen molar-refractivity contribution in [1.82, 2.24) is 25.2 Å². The number of aromatic nitrogens is 3. The fraction of sp³-hybridized carbons (Fsp3) is 0.364. The molecule has 4 rings (SSSR count). The first-order valence-corrected chi connectivity index (χ1v) is 10.4. The molecule has 0 spiro atoms. The number of aryl methyl sites for hydroxylation is 1. The summed E-state index contributed by atoms with van der Waals surface area (Å²) in [5.41, 5.74) is 0.580. The number of alkyl halides is 2. The van der Waals surface area contributed by atoms with E-state index in [9.17, 15) is 22.8 Å². The van der Waals surface area contributed by atoms with E-state index in [2.05, 4.69) is 20.3 Å². The Morgan fingerprint density at radius 3 is 2.52 bits per heavy atom. The van der Waals surface area contributed by atoms with Crippen LogP contribution in [-0.2, 0) is 6.54 Å². The van der Waals surface area contributed by atoms with E-state index in [0.29, 0.717) is 42.9 Å². The Labute approximate surface area is 187 Å². The van der Waals surface area contributed by atoms with Crippen molar-refractivity contribution in [2.45, 2.75) is 19.9 Å². The Kier molecular flexibility index (Phi) is 6.32. The average Bonchev–Trinajstić information content (AvgIpc) is 2.79. The van der Waals surface area contributed by atoms with Gasteiger partial charge in [-0.1, -0.05) is 6.07 Å². The number of pyridine rings is 1. The Balaban J connectivity index is 1.50. The number of rotatable bonds is 5. The van der Waals surface area contributed by atoms with Gasteiger partial charge in [0.15, 0.2) is 0 Å². The number of nitrogens with one attached hydrogen (secondary N) is 2. The SMILES string of the molecule is CNC(=O)c1ccc(N2CCN(Cc3ccc4nc(C)c(=O)[nH]c4c3C(F)F)CC2)c(F)n1. The summed E-state index contributed by atoms with van der Waals surface area (Å²) >= 11 is 0. The predicted octanol–water partition coefficient (Wildman–Crippen LogP) is 2.39. The van der Waals surface area contributed by atoms with Crippen molar-refractivity contribution >= 4 is 22.6 Å². The smallest absolute Gasteiger partial charge is 0.269 e. The molecule has 2 N–H and O–H groups in total. The van der Waals surface area contributed by atoms with Gasteiger partial charge in [-0.3, -0.25) is 14.5 Å². The molecular formula is C22H23F3N6O2. The number of carbonyl (C=O) groups excluding carboxylic acids is 1. The van der Waals surface area contributed by atoms with E-state index in [-0.39, 0.29) is 29.0 Å². The van der Waals surface area contributed by atoms with Gasteiger partial charge >= 0.3 is 0 Å². The normalized spacial score (nSPS) is 14.8. The Morgan fingerprint density at radius 2 is 1.88 bits per heavy atom. The van der Waals surface area contributed by atoms with Gasteiger partial charge in [-0.2, -0.15) is 4.39 Å². The molecule has 0 atom stereocenters. The average molecular weight is 460 g/mol. The molecule has 0 unspecified atom stereocenters. The molecule has 1 saturated heterocycles. The minimum atomic E-state index is -2.77. The van der Waals surface area contributed by atoms with Gasteiger partial charge in [0.2, 0.25) is 5.95 Å². The summed E-state index contributed by atoms with van der Waals surface area (Å²) in [5, 5.41) is 2.40. The third-order valence-corrected chi connectivity index (χ3v) is 5.78. The van der Waals surface area contributed by atoms with Crippen molar-refractivity contribution in [1.29, 1.82) is 0 Å². The maximum atomic E-state index is 14.5. The number of amides is 1. The molecule has 174 valence electrons. The summed E-state index contributed by atoms with van der Waals surface area (Å²) in [5.74, 6) is -1.20. The molecule has 3 heterocycles. The maximum absolute atomic E-state index is 14.5. The van der Waals surface area contributed by atoms with Gasteiger partial charge in [0.25, 0.3) is 17.9 Å². The molecule has 1 amide bonds. The van der Waals surface area contributed by atoms with E-state index in [0.717, 1.165) is 0 Å². The van der Waals surface area contributed by atoms with Gasteiger partial charge in [0.1, 0.15) is 11.4 Å². The van der Waals surface area contributed by atoms with Gasteiger partial charge in [-0.05, 0) is 30.7 Å². The van der Waals surface area contributed by atoms with Crippen LogP contribution in [0.1, 0.15) is 33.7 Å². The van der Waals surface area contributed by atoms with Crippen molar-refractivity contribution in [2.24, 2.45) is 0 Å². The van der Waals surface area contributed by atoms with E-state index in [1.165, 1.54) is 26.1 Å². The quantitative estimate of drug-likeness (QED) is 0.568. The minimum absolute atomic E-state index is 0.00376. The molecule has 1 fully saturated rings. The molecule has 1 aliphatic rings. The lowest BCUT2D eigenvalue weighted by Crippen LogP contribution is -2.46. The number of piperazine rings is 1. The number of hydrogen-bond donors (Lipinski definition) is 2. The number of aromatic amines is 1. The Morgan fingerprint density at radius 1 is 1.15 bits per heavy atom. The van der Waals surface area contributed by atoms with E-state index in [1.54, 1.807) is 12.1 Å². The zero-order chi connectivity index (χ0) is 23.7. The summed E-state index contributed by atoms with van der Waals surface area (Å²) in [7, 11) is 1.44. The highest BCUT2D eigenvalue weighted by Crippen LogP contribution is 2.30. The van der Waals surface area contributed by atoms with Crippen LogP contribution in [0.5, 0.6) is 0 Å².